The van der Waals surface area contributed by atoms with Crippen molar-refractivity contribution in [3.63, 3.8) is 0 Å². The van der Waals surface area contributed by atoms with E-state index < -0.39 is 17.6 Å². The molecule has 1 unspecified atom stereocenters. The first kappa shape index (κ1) is 23.8. The predicted molar refractivity (Wildman–Crippen MR) is 125 cm³/mol. The first-order chi connectivity index (χ1) is 16.5. The van der Waals surface area contributed by atoms with E-state index in [9.17, 15) is 17.6 Å². The summed E-state index contributed by atoms with van der Waals surface area (Å²) in [5.74, 6) is 0.201. The number of aryl methyl sites for hydroxylation is 1. The Bertz CT molecular complexity index is 1210. The molecule has 1 saturated carbocycles. The molecule has 3 aromatic rings. The van der Waals surface area contributed by atoms with Gasteiger partial charge in [0.2, 0.25) is 5.95 Å². The molecule has 2 aromatic heterocycles. The highest BCUT2D eigenvalue weighted by Gasteiger charge is 2.53. The maximum atomic E-state index is 13.7. The zero-order valence-corrected chi connectivity index (χ0v) is 20.5. The molecule has 4 atom stereocenters. The van der Waals surface area contributed by atoms with Gasteiger partial charge < -0.3 is 15.0 Å². The summed E-state index contributed by atoms with van der Waals surface area (Å²) in [6.07, 6.45) is -4.83. The third-order valence-electron chi connectivity index (χ3n) is 6.90. The lowest BCUT2D eigenvalue weighted by Crippen LogP contribution is -2.66. The number of halogens is 4. The topological polar surface area (TPSA) is 68.1 Å². The third-order valence-corrected chi connectivity index (χ3v) is 7.84. The molecule has 12 heteroatoms. The first-order valence-electron chi connectivity index (χ1n) is 11.5. The van der Waals surface area contributed by atoms with Crippen molar-refractivity contribution in [2.75, 3.05) is 23.3 Å². The van der Waals surface area contributed by atoms with Crippen LogP contribution in [0.3, 0.4) is 0 Å². The van der Waals surface area contributed by atoms with E-state index >= 15 is 0 Å². The van der Waals surface area contributed by atoms with Crippen LogP contribution in [0.15, 0.2) is 24.3 Å². The van der Waals surface area contributed by atoms with E-state index in [1.807, 2.05) is 20.8 Å². The van der Waals surface area contributed by atoms with E-state index in [1.165, 1.54) is 21.2 Å². The molecule has 2 saturated heterocycles. The number of benzene rings is 1. The van der Waals surface area contributed by atoms with E-state index in [0.717, 1.165) is 30.9 Å². The summed E-state index contributed by atoms with van der Waals surface area (Å²) >= 11 is 1.51. The number of nitrogens with one attached hydrogen (secondary N) is 1. The second kappa shape index (κ2) is 8.65. The van der Waals surface area contributed by atoms with Gasteiger partial charge in [-0.15, -0.1) is 5.10 Å². The van der Waals surface area contributed by atoms with Gasteiger partial charge in [-0.1, -0.05) is 6.92 Å². The minimum Gasteiger partial charge on any atom is -0.424 e. The number of piperidine rings is 2. The fraction of sp³-hybridized carbons (Fsp3) is 0.522. The van der Waals surface area contributed by atoms with E-state index in [-0.39, 0.29) is 23.8 Å². The Morgan fingerprint density at radius 1 is 1.17 bits per heavy atom. The van der Waals surface area contributed by atoms with E-state index in [0.29, 0.717) is 29.8 Å². The lowest BCUT2D eigenvalue weighted by atomic mass is 9.58. The minimum absolute atomic E-state index is 0.0431. The van der Waals surface area contributed by atoms with Crippen molar-refractivity contribution in [3.05, 3.63) is 41.3 Å². The number of alkyl halides is 3. The quantitative estimate of drug-likeness (QED) is 0.426. The molecule has 6 rings (SSSR count). The standard InChI is InChI=1S/C23H26F4N6OS/c1-11(2)33-22(34-14-5-6-18(24)17(8-14)23(25,26)27)29-21(30-33)28-20-15-9-32(10-16(20)13(15)4)19-7-12(3)31-35-19/h5-8,11,13,15-16,20H,9-10H2,1-4H3,(H,28,30)/t13-,15-,16?,20+/m1/s1. The van der Waals surface area contributed by atoms with Gasteiger partial charge in [0.05, 0.1) is 17.3 Å². The Morgan fingerprint density at radius 2 is 1.89 bits per heavy atom. The van der Waals surface area contributed by atoms with E-state index in [1.54, 1.807) is 0 Å². The molecular formula is C23H26F4N6OS. The molecule has 0 spiro atoms. The second-order valence-electron chi connectivity index (χ2n) is 9.57. The van der Waals surface area contributed by atoms with Crippen molar-refractivity contribution in [2.45, 2.75) is 46.0 Å². The highest BCUT2D eigenvalue weighted by molar-refractivity contribution is 7.10. The molecule has 3 fully saturated rings. The number of ether oxygens (including phenoxy) is 1. The van der Waals surface area contributed by atoms with Gasteiger partial charge in [-0.25, -0.2) is 9.07 Å². The summed E-state index contributed by atoms with van der Waals surface area (Å²) in [5, 5.41) is 9.11. The number of aromatic nitrogens is 4. The van der Waals surface area contributed by atoms with Crippen molar-refractivity contribution in [2.24, 2.45) is 17.8 Å². The molecule has 1 aliphatic carbocycles. The number of hydrogen-bond acceptors (Lipinski definition) is 7. The SMILES string of the molecule is Cc1cc(N2CC3[C@@H](Nc4nc(Oc5ccc(F)c(C(F)(F)F)c5)n(C(C)C)n4)[C@H](C2)[C@H]3C)sn1. The smallest absolute Gasteiger partial charge is 0.419 e. The molecule has 1 N–H and O–H groups in total. The highest BCUT2D eigenvalue weighted by Crippen LogP contribution is 2.48. The first-order valence-corrected chi connectivity index (χ1v) is 12.2. The van der Waals surface area contributed by atoms with Gasteiger partial charge in [0, 0.05) is 19.1 Å². The lowest BCUT2D eigenvalue weighted by Gasteiger charge is -2.58. The van der Waals surface area contributed by atoms with Crippen molar-refractivity contribution >= 4 is 22.5 Å². The zero-order valence-electron chi connectivity index (χ0n) is 19.7. The molecule has 188 valence electrons. The molecule has 7 nitrogen and oxygen atoms in total. The normalized spacial score (nSPS) is 24.0. The average Bonchev–Trinajstić information content (AvgIpc) is 3.41. The molecule has 4 heterocycles. The monoisotopic (exact) mass is 510 g/mol. The van der Waals surface area contributed by atoms with Crippen LogP contribution in [0, 0.1) is 30.5 Å². The largest absolute Gasteiger partial charge is 0.424 e. The van der Waals surface area contributed by atoms with Crippen LogP contribution >= 0.6 is 11.5 Å². The van der Waals surface area contributed by atoms with Crippen LogP contribution in [-0.4, -0.2) is 38.3 Å². The van der Waals surface area contributed by atoms with Gasteiger partial charge >= 0.3 is 12.2 Å². The predicted octanol–water partition coefficient (Wildman–Crippen LogP) is 5.76. The lowest BCUT2D eigenvalue weighted by molar-refractivity contribution is -0.140. The van der Waals surface area contributed by atoms with Crippen molar-refractivity contribution < 1.29 is 22.3 Å². The Morgan fingerprint density at radius 3 is 2.49 bits per heavy atom. The number of nitrogens with zero attached hydrogens (tertiary/aromatic N) is 5. The van der Waals surface area contributed by atoms with Crippen molar-refractivity contribution in [1.29, 1.82) is 0 Å². The van der Waals surface area contributed by atoms with Crippen LogP contribution in [0.2, 0.25) is 0 Å². The summed E-state index contributed by atoms with van der Waals surface area (Å²) in [5.41, 5.74) is -0.368. The number of fused-ring (bicyclic) bond motifs is 2. The van der Waals surface area contributed by atoms with Gasteiger partial charge in [-0.2, -0.15) is 22.5 Å². The molecule has 2 bridgehead atoms. The van der Waals surface area contributed by atoms with Crippen LogP contribution in [0.1, 0.15) is 38.1 Å². The zero-order chi connectivity index (χ0) is 25.1. The summed E-state index contributed by atoms with van der Waals surface area (Å²) < 4.78 is 64.5. The molecule has 1 aromatic carbocycles. The van der Waals surface area contributed by atoms with E-state index in [4.69, 9.17) is 4.74 Å². The van der Waals surface area contributed by atoms with Crippen LogP contribution in [0.25, 0.3) is 0 Å². The number of hydrogen-bond donors (Lipinski definition) is 1. The van der Waals surface area contributed by atoms with Crippen LogP contribution in [0.5, 0.6) is 11.8 Å². The molecular weight excluding hydrogens is 484 g/mol. The van der Waals surface area contributed by atoms with Gasteiger partial charge in [0.15, 0.2) is 0 Å². The molecule has 0 radical (unpaired) electrons. The fourth-order valence-corrected chi connectivity index (χ4v) is 5.77. The fourth-order valence-electron chi connectivity index (χ4n) is 5.00. The third kappa shape index (κ3) is 4.43. The average molecular weight is 511 g/mol. The molecule has 3 aliphatic rings. The van der Waals surface area contributed by atoms with Crippen LogP contribution in [-0.2, 0) is 6.18 Å². The Hall–Kier alpha value is -2.89. The van der Waals surface area contributed by atoms with Crippen molar-refractivity contribution in [1.82, 2.24) is 19.1 Å². The molecule has 2 aliphatic heterocycles. The van der Waals surface area contributed by atoms with Crippen LogP contribution in [0.4, 0.5) is 28.5 Å². The van der Waals surface area contributed by atoms with Crippen molar-refractivity contribution in [3.8, 4) is 11.8 Å². The minimum atomic E-state index is -4.83. The summed E-state index contributed by atoms with van der Waals surface area (Å²) in [6, 6.07) is 4.70. The second-order valence-corrected chi connectivity index (χ2v) is 10.3. The maximum Gasteiger partial charge on any atom is 0.419 e. The summed E-state index contributed by atoms with van der Waals surface area (Å²) in [4.78, 5) is 6.79. The Balaban J connectivity index is 1.33. The number of rotatable bonds is 6. The number of anilines is 2. The maximum absolute atomic E-state index is 13.7. The van der Waals surface area contributed by atoms with Crippen LogP contribution < -0.4 is 15.0 Å². The van der Waals surface area contributed by atoms with E-state index in [2.05, 4.69) is 37.7 Å². The van der Waals surface area contributed by atoms with Gasteiger partial charge in [0.1, 0.15) is 16.6 Å². The molecule has 0 amide bonds. The Kier molecular flexibility index (Phi) is 5.89. The summed E-state index contributed by atoms with van der Waals surface area (Å²) in [7, 11) is 0. The highest BCUT2D eigenvalue weighted by atomic mass is 32.1. The molecule has 35 heavy (non-hydrogen) atoms. The van der Waals surface area contributed by atoms with Gasteiger partial charge in [-0.3, -0.25) is 0 Å². The Labute approximate surface area is 204 Å². The van der Waals surface area contributed by atoms with Gasteiger partial charge in [0.25, 0.3) is 0 Å². The van der Waals surface area contributed by atoms with Gasteiger partial charge in [-0.05, 0) is 74.3 Å². The summed E-state index contributed by atoms with van der Waals surface area (Å²) in [6.45, 7) is 9.79.